The third kappa shape index (κ3) is 6.98. The van der Waals surface area contributed by atoms with Crippen LogP contribution in [0.25, 0.3) is 11.4 Å². The Morgan fingerprint density at radius 3 is 2.20 bits per heavy atom. The van der Waals surface area contributed by atoms with E-state index < -0.39 is 37.7 Å². The number of anilines is 1. The van der Waals surface area contributed by atoms with Crippen molar-refractivity contribution in [1.29, 1.82) is 0 Å². The standard InChI is InChI=1S/C21H27N6O7P/c1-25(2)17-12-15(22-18(24-17)14-6-4-3-5-7-14)19(28)23-16(13-35(32,33)34)20(29)26-8-10-27(11-9-26)21(30)31/h3-7,12,16H,8-11,13H2,1-2H3,(H,23,28)(H,30,31)(H2,32,33,34)/t16-/m0/s1. The van der Waals surface area contributed by atoms with Crippen LogP contribution in [-0.2, 0) is 9.36 Å². The van der Waals surface area contributed by atoms with Crippen LogP contribution < -0.4 is 10.2 Å². The van der Waals surface area contributed by atoms with Gasteiger partial charge in [0.05, 0.1) is 6.16 Å². The second kappa shape index (κ2) is 10.8. The Morgan fingerprint density at radius 2 is 1.66 bits per heavy atom. The molecule has 1 fully saturated rings. The lowest BCUT2D eigenvalue weighted by molar-refractivity contribution is -0.134. The van der Waals surface area contributed by atoms with Crippen molar-refractivity contribution in [2.75, 3.05) is 51.3 Å². The fraction of sp³-hybridized carbons (Fsp3) is 0.381. The quantitative estimate of drug-likeness (QED) is 0.382. The van der Waals surface area contributed by atoms with Crippen molar-refractivity contribution in [3.8, 4) is 11.4 Å². The normalized spacial score (nSPS) is 14.9. The Balaban J connectivity index is 1.86. The number of benzene rings is 1. The molecule has 1 aromatic heterocycles. The fourth-order valence-corrected chi connectivity index (χ4v) is 4.21. The first-order valence-electron chi connectivity index (χ1n) is 10.7. The van der Waals surface area contributed by atoms with Gasteiger partial charge in [0, 0.05) is 51.9 Å². The summed E-state index contributed by atoms with van der Waals surface area (Å²) in [5.74, 6) is -0.822. The summed E-state index contributed by atoms with van der Waals surface area (Å²) in [5.41, 5.74) is 0.575. The molecule has 2 heterocycles. The number of rotatable bonds is 7. The highest BCUT2D eigenvalue weighted by Crippen LogP contribution is 2.35. The van der Waals surface area contributed by atoms with Crippen molar-refractivity contribution in [2.45, 2.75) is 6.04 Å². The lowest BCUT2D eigenvalue weighted by Gasteiger charge is -2.35. The largest absolute Gasteiger partial charge is 0.465 e. The van der Waals surface area contributed by atoms with E-state index in [2.05, 4.69) is 15.3 Å². The van der Waals surface area contributed by atoms with Gasteiger partial charge in [-0.1, -0.05) is 30.3 Å². The SMILES string of the molecule is CN(C)c1cc(C(=O)N[C@@H](CP(=O)(O)O)C(=O)N2CCN(C(=O)O)CC2)nc(-c2ccccc2)n1. The Kier molecular flexibility index (Phi) is 8.05. The maximum absolute atomic E-state index is 13.1. The van der Waals surface area contributed by atoms with E-state index in [0.29, 0.717) is 11.4 Å². The van der Waals surface area contributed by atoms with Crippen LogP contribution in [0.3, 0.4) is 0 Å². The number of carboxylic acid groups (broad SMARTS) is 1. The van der Waals surface area contributed by atoms with Crippen LogP contribution in [0.1, 0.15) is 10.5 Å². The number of carbonyl (C=O) groups excluding carboxylic acids is 2. The molecule has 1 saturated heterocycles. The van der Waals surface area contributed by atoms with E-state index >= 15 is 0 Å². The third-order valence-electron chi connectivity index (χ3n) is 5.32. The molecule has 0 bridgehead atoms. The predicted octanol–water partition coefficient (Wildman–Crippen LogP) is 0.308. The summed E-state index contributed by atoms with van der Waals surface area (Å²) >= 11 is 0. The van der Waals surface area contributed by atoms with Crippen molar-refractivity contribution in [2.24, 2.45) is 0 Å². The minimum atomic E-state index is -4.69. The Labute approximate surface area is 201 Å². The van der Waals surface area contributed by atoms with Crippen LogP contribution in [0.5, 0.6) is 0 Å². The molecule has 0 aliphatic carbocycles. The van der Waals surface area contributed by atoms with Gasteiger partial charge in [0.15, 0.2) is 5.82 Å². The van der Waals surface area contributed by atoms with Crippen molar-refractivity contribution in [3.05, 3.63) is 42.1 Å². The molecule has 14 heteroatoms. The van der Waals surface area contributed by atoms with Crippen molar-refractivity contribution in [1.82, 2.24) is 25.1 Å². The zero-order chi connectivity index (χ0) is 25.8. The van der Waals surface area contributed by atoms with E-state index in [-0.39, 0.29) is 37.7 Å². The average Bonchev–Trinajstić information content (AvgIpc) is 2.82. The van der Waals surface area contributed by atoms with E-state index in [1.807, 2.05) is 6.07 Å². The number of hydrogen-bond acceptors (Lipinski definition) is 7. The molecule has 13 nitrogen and oxygen atoms in total. The van der Waals surface area contributed by atoms with Gasteiger partial charge >= 0.3 is 13.7 Å². The van der Waals surface area contributed by atoms with Gasteiger partial charge in [0.25, 0.3) is 5.91 Å². The highest BCUT2D eigenvalue weighted by atomic mass is 31.2. The van der Waals surface area contributed by atoms with Crippen LogP contribution in [0.15, 0.2) is 36.4 Å². The summed E-state index contributed by atoms with van der Waals surface area (Å²) in [4.78, 5) is 69.1. The smallest absolute Gasteiger partial charge is 0.407 e. The highest BCUT2D eigenvalue weighted by Gasteiger charge is 2.34. The Morgan fingerprint density at radius 1 is 1.06 bits per heavy atom. The van der Waals surface area contributed by atoms with Gasteiger partial charge in [-0.25, -0.2) is 14.8 Å². The monoisotopic (exact) mass is 506 g/mol. The lowest BCUT2D eigenvalue weighted by atomic mass is 10.2. The number of carbonyl (C=O) groups is 3. The minimum Gasteiger partial charge on any atom is -0.465 e. The van der Waals surface area contributed by atoms with E-state index in [0.717, 1.165) is 4.90 Å². The second-order valence-electron chi connectivity index (χ2n) is 8.16. The summed E-state index contributed by atoms with van der Waals surface area (Å²) in [5, 5.41) is 11.5. The summed E-state index contributed by atoms with van der Waals surface area (Å²) in [6.07, 6.45) is -2.03. The predicted molar refractivity (Wildman–Crippen MR) is 126 cm³/mol. The van der Waals surface area contributed by atoms with Gasteiger partial charge < -0.3 is 34.9 Å². The first kappa shape index (κ1) is 26.1. The van der Waals surface area contributed by atoms with E-state index in [1.54, 1.807) is 43.3 Å². The van der Waals surface area contributed by atoms with Crippen LogP contribution in [0.2, 0.25) is 0 Å². The third-order valence-corrected chi connectivity index (χ3v) is 6.16. The Bertz CT molecular complexity index is 1130. The molecule has 1 aliphatic heterocycles. The van der Waals surface area contributed by atoms with Gasteiger partial charge in [-0.2, -0.15) is 0 Å². The molecular weight excluding hydrogens is 479 g/mol. The summed E-state index contributed by atoms with van der Waals surface area (Å²) in [6.45, 7) is 0.177. The summed E-state index contributed by atoms with van der Waals surface area (Å²) < 4.78 is 11.7. The number of aromatic nitrogens is 2. The summed E-state index contributed by atoms with van der Waals surface area (Å²) in [7, 11) is -1.23. The maximum atomic E-state index is 13.1. The van der Waals surface area contributed by atoms with Gasteiger partial charge in [0.2, 0.25) is 5.91 Å². The lowest BCUT2D eigenvalue weighted by Crippen LogP contribution is -2.56. The molecule has 1 atom stereocenters. The topological polar surface area (TPSA) is 176 Å². The van der Waals surface area contributed by atoms with Crippen LogP contribution in [0, 0.1) is 0 Å². The van der Waals surface area contributed by atoms with E-state index in [1.165, 1.54) is 11.0 Å². The molecule has 188 valence electrons. The van der Waals surface area contributed by atoms with Crippen molar-refractivity contribution in [3.63, 3.8) is 0 Å². The van der Waals surface area contributed by atoms with Gasteiger partial charge in [-0.3, -0.25) is 14.2 Å². The number of nitrogens with one attached hydrogen (secondary N) is 1. The second-order valence-corrected chi connectivity index (χ2v) is 9.86. The van der Waals surface area contributed by atoms with Gasteiger partial charge in [-0.15, -0.1) is 0 Å². The van der Waals surface area contributed by atoms with E-state index in [9.17, 15) is 28.7 Å². The molecule has 0 spiro atoms. The number of amides is 3. The Hall–Kier alpha value is -3.54. The minimum absolute atomic E-state index is 0.0368. The first-order valence-corrected chi connectivity index (χ1v) is 12.5. The van der Waals surface area contributed by atoms with Gasteiger partial charge in [-0.05, 0) is 0 Å². The van der Waals surface area contributed by atoms with Gasteiger partial charge in [0.1, 0.15) is 17.6 Å². The molecule has 0 unspecified atom stereocenters. The van der Waals surface area contributed by atoms with Crippen LogP contribution in [-0.4, -0.2) is 105 Å². The molecule has 0 saturated carbocycles. The fourth-order valence-electron chi connectivity index (χ4n) is 3.49. The zero-order valence-corrected chi connectivity index (χ0v) is 20.1. The summed E-state index contributed by atoms with van der Waals surface area (Å²) in [6, 6.07) is 8.83. The van der Waals surface area contributed by atoms with E-state index in [4.69, 9.17) is 5.11 Å². The molecule has 35 heavy (non-hydrogen) atoms. The number of piperazine rings is 1. The van der Waals surface area contributed by atoms with Crippen LogP contribution in [0.4, 0.5) is 10.6 Å². The molecule has 4 N–H and O–H groups in total. The average molecular weight is 506 g/mol. The molecule has 2 aromatic rings. The zero-order valence-electron chi connectivity index (χ0n) is 19.2. The number of hydrogen-bond donors (Lipinski definition) is 4. The highest BCUT2D eigenvalue weighted by molar-refractivity contribution is 7.51. The molecule has 3 amide bonds. The first-order chi connectivity index (χ1) is 16.4. The van der Waals surface area contributed by atoms with Crippen molar-refractivity contribution < 1.29 is 33.8 Å². The molecule has 1 aromatic carbocycles. The molecule has 1 aliphatic rings. The van der Waals surface area contributed by atoms with Crippen molar-refractivity contribution >= 4 is 31.3 Å². The molecule has 0 radical (unpaired) electrons. The molecule has 3 rings (SSSR count). The molecular formula is C21H27N6O7P. The maximum Gasteiger partial charge on any atom is 0.407 e. The number of nitrogens with zero attached hydrogens (tertiary/aromatic N) is 5. The van der Waals surface area contributed by atoms with Crippen LogP contribution >= 0.6 is 7.60 Å².